The third-order valence-corrected chi connectivity index (χ3v) is 8.26. The molecular weight excluding hydrogens is 426 g/mol. The van der Waals surface area contributed by atoms with Gasteiger partial charge in [-0.1, -0.05) is 19.3 Å². The van der Waals surface area contributed by atoms with E-state index >= 15 is 0 Å². The minimum atomic E-state index is -0.132. The lowest BCUT2D eigenvalue weighted by Gasteiger charge is -2.32. The fourth-order valence-electron chi connectivity index (χ4n) is 6.37. The lowest BCUT2D eigenvalue weighted by atomic mass is 9.87. The van der Waals surface area contributed by atoms with Gasteiger partial charge in [0.25, 0.3) is 0 Å². The third kappa shape index (κ3) is 4.27. The number of aryl methyl sites for hydroxylation is 1. The normalized spacial score (nSPS) is 23.4. The molecule has 1 saturated carbocycles. The first-order valence-corrected chi connectivity index (χ1v) is 13.5. The Balaban J connectivity index is 1.24. The number of amides is 1. The molecule has 34 heavy (non-hydrogen) atoms. The van der Waals surface area contributed by atoms with Crippen LogP contribution in [0.25, 0.3) is 0 Å². The molecule has 2 saturated heterocycles. The fraction of sp³-hybridized carbons (Fsp3) is 0.692. The topological polar surface area (TPSA) is 90.0 Å². The molecule has 2 N–H and O–H groups in total. The van der Waals surface area contributed by atoms with Crippen LogP contribution >= 0.6 is 0 Å². The summed E-state index contributed by atoms with van der Waals surface area (Å²) in [5.74, 6) is 3.18. The van der Waals surface area contributed by atoms with Crippen LogP contribution in [0, 0.1) is 0 Å². The van der Waals surface area contributed by atoms with Gasteiger partial charge >= 0.3 is 0 Å². The number of nitrogens with zero attached hydrogens (tertiary/aromatic N) is 5. The molecule has 4 aliphatic rings. The summed E-state index contributed by atoms with van der Waals surface area (Å²) in [5.41, 5.74) is 3.57. The molecule has 0 spiro atoms. The Morgan fingerprint density at radius 3 is 2.59 bits per heavy atom. The number of piperidine rings is 1. The number of aromatic amines is 1. The van der Waals surface area contributed by atoms with Gasteiger partial charge in [0.1, 0.15) is 11.9 Å². The fourth-order valence-corrected chi connectivity index (χ4v) is 6.37. The van der Waals surface area contributed by atoms with E-state index in [2.05, 4.69) is 25.1 Å². The van der Waals surface area contributed by atoms with Crippen LogP contribution in [0.1, 0.15) is 93.5 Å². The molecule has 2 aliphatic carbocycles. The largest absolute Gasteiger partial charge is 0.341 e. The van der Waals surface area contributed by atoms with Crippen molar-refractivity contribution in [1.82, 2.24) is 24.8 Å². The van der Waals surface area contributed by atoms with Crippen molar-refractivity contribution in [2.75, 3.05) is 29.9 Å². The lowest BCUT2D eigenvalue weighted by Crippen LogP contribution is -2.48. The number of carbonyl (C=O) groups is 1. The number of H-pyrrole nitrogens is 1. The predicted octanol–water partition coefficient (Wildman–Crippen LogP) is 4.46. The summed E-state index contributed by atoms with van der Waals surface area (Å²) in [6.07, 6.45) is 16.9. The summed E-state index contributed by atoms with van der Waals surface area (Å²) >= 11 is 0. The van der Waals surface area contributed by atoms with Crippen LogP contribution < -0.4 is 10.2 Å². The van der Waals surface area contributed by atoms with E-state index in [0.29, 0.717) is 11.9 Å². The molecule has 2 aromatic rings. The minimum absolute atomic E-state index is 0.132. The highest BCUT2D eigenvalue weighted by molar-refractivity contribution is 5.85. The number of anilines is 3. The number of rotatable bonds is 5. The smallest absolute Gasteiger partial charge is 0.245 e. The Hall–Kier alpha value is -2.64. The number of likely N-dealkylation sites (tertiary alicyclic amines) is 1. The van der Waals surface area contributed by atoms with E-state index in [1.807, 2.05) is 6.20 Å². The monoisotopic (exact) mass is 463 g/mol. The van der Waals surface area contributed by atoms with Crippen molar-refractivity contribution in [2.45, 2.75) is 95.4 Å². The van der Waals surface area contributed by atoms with Gasteiger partial charge in [-0.3, -0.25) is 4.79 Å². The molecule has 4 heterocycles. The number of imidazole rings is 1. The van der Waals surface area contributed by atoms with Crippen molar-refractivity contribution in [3.8, 4) is 0 Å². The Labute approximate surface area is 201 Å². The highest BCUT2D eigenvalue weighted by Gasteiger charge is 2.36. The van der Waals surface area contributed by atoms with Crippen molar-refractivity contribution < 1.29 is 4.79 Å². The molecule has 1 amide bonds. The zero-order valence-corrected chi connectivity index (χ0v) is 20.2. The zero-order chi connectivity index (χ0) is 22.9. The van der Waals surface area contributed by atoms with E-state index in [-0.39, 0.29) is 11.9 Å². The first-order valence-electron chi connectivity index (χ1n) is 13.5. The molecule has 8 nitrogen and oxygen atoms in total. The van der Waals surface area contributed by atoms with Gasteiger partial charge in [0.05, 0.1) is 11.9 Å². The van der Waals surface area contributed by atoms with Crippen LogP contribution in [0.2, 0.25) is 0 Å². The van der Waals surface area contributed by atoms with E-state index in [0.717, 1.165) is 82.0 Å². The number of hydrogen-bond donors (Lipinski definition) is 2. The summed E-state index contributed by atoms with van der Waals surface area (Å²) in [7, 11) is 0. The SMILES string of the molecule is O=C(C1CCCN1c1nc2c(c(Nc3ncc(C4CCCCC4)[nH]3)n1)CCC2)N1CCCCC1. The quantitative estimate of drug-likeness (QED) is 0.680. The maximum atomic E-state index is 13.3. The highest BCUT2D eigenvalue weighted by Crippen LogP contribution is 2.35. The first-order chi connectivity index (χ1) is 16.8. The number of nitrogens with one attached hydrogen (secondary N) is 2. The number of fused-ring (bicyclic) bond motifs is 1. The Bertz CT molecular complexity index is 1020. The molecule has 3 fully saturated rings. The summed E-state index contributed by atoms with van der Waals surface area (Å²) in [6, 6.07) is -0.132. The van der Waals surface area contributed by atoms with Gasteiger partial charge in [-0.05, 0) is 64.2 Å². The van der Waals surface area contributed by atoms with Crippen molar-refractivity contribution in [3.05, 3.63) is 23.1 Å². The molecule has 2 aliphatic heterocycles. The summed E-state index contributed by atoms with van der Waals surface area (Å²) in [6.45, 7) is 2.63. The molecule has 1 atom stereocenters. The zero-order valence-electron chi connectivity index (χ0n) is 20.2. The number of aromatic nitrogens is 4. The Kier molecular flexibility index (Phi) is 6.14. The molecule has 0 aromatic carbocycles. The van der Waals surface area contributed by atoms with Crippen molar-refractivity contribution in [1.29, 1.82) is 0 Å². The van der Waals surface area contributed by atoms with Crippen molar-refractivity contribution in [2.24, 2.45) is 0 Å². The van der Waals surface area contributed by atoms with Crippen LogP contribution in [-0.2, 0) is 17.6 Å². The molecule has 0 radical (unpaired) electrons. The van der Waals surface area contributed by atoms with E-state index in [1.165, 1.54) is 49.8 Å². The maximum Gasteiger partial charge on any atom is 0.245 e. The van der Waals surface area contributed by atoms with Gasteiger partial charge in [0, 0.05) is 36.8 Å². The molecule has 8 heteroatoms. The Morgan fingerprint density at radius 1 is 0.912 bits per heavy atom. The Morgan fingerprint density at radius 2 is 1.74 bits per heavy atom. The van der Waals surface area contributed by atoms with Crippen LogP contribution in [0.3, 0.4) is 0 Å². The van der Waals surface area contributed by atoms with E-state index < -0.39 is 0 Å². The second-order valence-corrected chi connectivity index (χ2v) is 10.5. The van der Waals surface area contributed by atoms with Crippen molar-refractivity contribution in [3.63, 3.8) is 0 Å². The van der Waals surface area contributed by atoms with E-state index in [9.17, 15) is 4.79 Å². The van der Waals surface area contributed by atoms with E-state index in [1.54, 1.807) is 0 Å². The van der Waals surface area contributed by atoms with Gasteiger partial charge < -0.3 is 20.1 Å². The molecule has 1 unspecified atom stereocenters. The van der Waals surface area contributed by atoms with Gasteiger partial charge in [0.2, 0.25) is 17.8 Å². The molecule has 182 valence electrons. The standard InChI is InChI=1S/C26H37N7O/c34-24(32-14-5-2-6-15-32)22-13-8-16-33(22)26-29-20-12-7-11-19(20)23(31-26)30-25-27-17-21(28-25)18-9-3-1-4-10-18/h17-18,22H,1-16H2,(H2,27,28,29,30,31). The molecule has 2 aromatic heterocycles. The second-order valence-electron chi connectivity index (χ2n) is 10.5. The summed E-state index contributed by atoms with van der Waals surface area (Å²) in [5, 5.41) is 3.50. The van der Waals surface area contributed by atoms with Gasteiger partial charge in [-0.15, -0.1) is 0 Å². The summed E-state index contributed by atoms with van der Waals surface area (Å²) < 4.78 is 0. The number of carbonyl (C=O) groups excluding carboxylic acids is 1. The van der Waals surface area contributed by atoms with Crippen molar-refractivity contribution >= 4 is 23.6 Å². The molecule has 6 rings (SSSR count). The summed E-state index contributed by atoms with van der Waals surface area (Å²) in [4.78, 5) is 35.7. The number of hydrogen-bond acceptors (Lipinski definition) is 6. The average molecular weight is 464 g/mol. The van der Waals surface area contributed by atoms with Crippen LogP contribution in [-0.4, -0.2) is 56.4 Å². The predicted molar refractivity (Wildman–Crippen MR) is 133 cm³/mol. The molecular formula is C26H37N7O. The molecule has 0 bridgehead atoms. The van der Waals surface area contributed by atoms with Gasteiger partial charge in [0.15, 0.2) is 0 Å². The maximum absolute atomic E-state index is 13.3. The lowest BCUT2D eigenvalue weighted by molar-refractivity contribution is -0.133. The van der Waals surface area contributed by atoms with Crippen LogP contribution in [0.4, 0.5) is 17.7 Å². The third-order valence-electron chi connectivity index (χ3n) is 8.26. The highest BCUT2D eigenvalue weighted by atomic mass is 16.2. The van der Waals surface area contributed by atoms with Crippen LogP contribution in [0.5, 0.6) is 0 Å². The second kappa shape index (κ2) is 9.55. The van der Waals surface area contributed by atoms with Gasteiger partial charge in [-0.2, -0.15) is 4.98 Å². The van der Waals surface area contributed by atoms with Gasteiger partial charge in [-0.25, -0.2) is 9.97 Å². The minimum Gasteiger partial charge on any atom is -0.341 e. The van der Waals surface area contributed by atoms with Crippen LogP contribution in [0.15, 0.2) is 6.20 Å². The van der Waals surface area contributed by atoms with E-state index in [4.69, 9.17) is 9.97 Å². The average Bonchev–Trinajstić information content (AvgIpc) is 3.65. The first kappa shape index (κ1) is 21.9.